The summed E-state index contributed by atoms with van der Waals surface area (Å²) in [6.07, 6.45) is 4.36. The van der Waals surface area contributed by atoms with Crippen LogP contribution < -0.4 is 9.06 Å². The van der Waals surface area contributed by atoms with Crippen LogP contribution in [0.2, 0.25) is 0 Å². The van der Waals surface area contributed by atoms with E-state index < -0.39 is 10.2 Å². The molecule has 0 aliphatic heterocycles. The number of nitrogens with zero attached hydrogens (tertiary/aromatic N) is 1. The number of benzene rings is 2. The Balaban J connectivity index is 0.000000300. The van der Waals surface area contributed by atoms with Gasteiger partial charge in [-0.05, 0) is 29.8 Å². The fourth-order valence-corrected chi connectivity index (χ4v) is 2.94. The average molecular weight is 347 g/mol. The quantitative estimate of drug-likeness (QED) is 0.329. The van der Waals surface area contributed by atoms with Crippen LogP contribution in [-0.2, 0) is 0 Å². The molecule has 24 heavy (non-hydrogen) atoms. The number of halogens is 1. The Bertz CT molecular complexity index is 1020. The SMILES string of the molecule is Cc1c[n+]2ccc3ccccc3c2c2ccccc12.[O-][Cl+](O)(O)O. The van der Waals surface area contributed by atoms with Gasteiger partial charge in [0.25, 0.3) is 0 Å². The van der Waals surface area contributed by atoms with Crippen molar-refractivity contribution < 1.29 is 33.3 Å². The Labute approximate surface area is 140 Å². The van der Waals surface area contributed by atoms with Gasteiger partial charge in [0.1, 0.15) is 0 Å². The Morgan fingerprint density at radius 1 is 0.833 bits per heavy atom. The number of hydrogen-bond acceptors (Lipinski definition) is 4. The molecule has 0 aliphatic rings. The summed E-state index contributed by atoms with van der Waals surface area (Å²) in [5, 5.41) is 5.25. The van der Waals surface area contributed by atoms with E-state index in [2.05, 4.69) is 78.3 Å². The zero-order chi connectivity index (χ0) is 17.3. The Kier molecular flexibility index (Phi) is 4.36. The van der Waals surface area contributed by atoms with Crippen LogP contribution in [0.25, 0.3) is 27.1 Å². The van der Waals surface area contributed by atoms with Crippen LogP contribution in [0, 0.1) is 17.2 Å². The normalized spacial score (nSPS) is 12.2. The van der Waals surface area contributed by atoms with E-state index in [-0.39, 0.29) is 0 Å². The molecule has 3 N–H and O–H groups in total. The van der Waals surface area contributed by atoms with E-state index in [1.165, 1.54) is 32.6 Å². The van der Waals surface area contributed by atoms with Gasteiger partial charge in [0, 0.05) is 11.6 Å². The van der Waals surface area contributed by atoms with Crippen LogP contribution in [-0.4, -0.2) is 14.0 Å². The first-order valence-corrected chi connectivity index (χ1v) is 8.54. The topological polar surface area (TPSA) is 87.9 Å². The molecule has 124 valence electrons. The molecule has 4 aromatic rings. The van der Waals surface area contributed by atoms with E-state index >= 15 is 0 Å². The molecular weight excluding hydrogens is 330 g/mol. The standard InChI is InChI=1S/C18H14N.ClH3O4/c1-13-12-19-11-10-14-6-2-3-8-16(14)18(19)17-9-5-4-7-15(13)17;2-1(3,4)5/h2-12H,1H3;2-4H/q+1;. The second-order valence-electron chi connectivity index (χ2n) is 5.45. The second-order valence-corrected chi connectivity index (χ2v) is 6.32. The molecule has 2 aromatic heterocycles. The summed E-state index contributed by atoms with van der Waals surface area (Å²) >= 11 is 0. The van der Waals surface area contributed by atoms with Gasteiger partial charge in [-0.25, -0.2) is 0 Å². The number of hydrogen-bond donors (Lipinski definition) is 3. The predicted octanol–water partition coefficient (Wildman–Crippen LogP) is 1.18. The maximum absolute atomic E-state index is 8.83. The summed E-state index contributed by atoms with van der Waals surface area (Å²) in [6, 6.07) is 19.4. The van der Waals surface area contributed by atoms with Crippen LogP contribution in [0.1, 0.15) is 5.56 Å². The van der Waals surface area contributed by atoms with E-state index in [1.807, 2.05) is 0 Å². The summed E-state index contributed by atoms with van der Waals surface area (Å²) in [6.45, 7) is 2.17. The molecule has 4 rings (SSSR count). The second kappa shape index (κ2) is 6.32. The summed E-state index contributed by atoms with van der Waals surface area (Å²) in [7, 11) is -4.19. The number of rotatable bonds is 0. The third-order valence-corrected chi connectivity index (χ3v) is 3.83. The van der Waals surface area contributed by atoms with Gasteiger partial charge in [0.05, 0.1) is 10.8 Å². The average Bonchev–Trinajstić information content (AvgIpc) is 2.53. The Morgan fingerprint density at radius 2 is 1.38 bits per heavy atom. The van der Waals surface area contributed by atoms with E-state index in [0.29, 0.717) is 0 Å². The molecule has 2 heterocycles. The summed E-state index contributed by atoms with van der Waals surface area (Å²) in [5.41, 5.74) is 2.60. The van der Waals surface area contributed by atoms with E-state index in [4.69, 9.17) is 18.6 Å². The molecule has 0 unspecified atom stereocenters. The molecule has 6 heteroatoms. The monoisotopic (exact) mass is 346 g/mol. The van der Waals surface area contributed by atoms with Crippen LogP contribution in [0.4, 0.5) is 0 Å². The molecule has 0 fully saturated rings. The number of pyridine rings is 2. The summed E-state index contributed by atoms with van der Waals surface area (Å²) in [4.78, 5) is 0. The zero-order valence-electron chi connectivity index (χ0n) is 12.9. The number of aromatic nitrogens is 1. The fourth-order valence-electron chi connectivity index (χ4n) is 2.94. The summed E-state index contributed by atoms with van der Waals surface area (Å²) < 4.78 is 32.5. The molecule has 0 saturated carbocycles. The van der Waals surface area contributed by atoms with Gasteiger partial charge in [-0.1, -0.05) is 36.4 Å². The van der Waals surface area contributed by atoms with Crippen molar-refractivity contribution in [3.8, 4) is 0 Å². The maximum atomic E-state index is 8.83. The van der Waals surface area contributed by atoms with E-state index in [9.17, 15) is 0 Å². The fraction of sp³-hybridized carbons (Fsp3) is 0.0556. The molecule has 0 bridgehead atoms. The third kappa shape index (κ3) is 3.46. The van der Waals surface area contributed by atoms with Crippen molar-refractivity contribution >= 4 is 27.1 Å². The van der Waals surface area contributed by atoms with Crippen molar-refractivity contribution in [3.05, 3.63) is 72.6 Å². The molecule has 5 nitrogen and oxygen atoms in total. The van der Waals surface area contributed by atoms with Crippen LogP contribution in [0.15, 0.2) is 67.0 Å². The Hall–Kier alpha value is -2.28. The van der Waals surface area contributed by atoms with Crippen molar-refractivity contribution in [1.82, 2.24) is 0 Å². The molecule has 2 aromatic carbocycles. The van der Waals surface area contributed by atoms with Gasteiger partial charge in [-0.15, -0.1) is 0 Å². The number of fused-ring (bicyclic) bond motifs is 5. The molecule has 0 amide bonds. The van der Waals surface area contributed by atoms with Crippen molar-refractivity contribution in [2.45, 2.75) is 6.92 Å². The first-order valence-electron chi connectivity index (χ1n) is 7.22. The minimum absolute atomic E-state index is 1.29. The molecule has 0 spiro atoms. The molecule has 0 saturated heterocycles. The van der Waals surface area contributed by atoms with Crippen LogP contribution >= 0.6 is 0 Å². The van der Waals surface area contributed by atoms with Gasteiger partial charge in [-0.2, -0.15) is 4.40 Å². The predicted molar refractivity (Wildman–Crippen MR) is 86.0 cm³/mol. The first kappa shape index (κ1) is 16.6. The van der Waals surface area contributed by atoms with Crippen molar-refractivity contribution in [1.29, 1.82) is 0 Å². The molecule has 0 radical (unpaired) electrons. The van der Waals surface area contributed by atoms with E-state index in [0.717, 1.165) is 0 Å². The van der Waals surface area contributed by atoms with Crippen molar-refractivity contribution in [2.75, 3.05) is 0 Å². The third-order valence-electron chi connectivity index (χ3n) is 3.83. The zero-order valence-corrected chi connectivity index (χ0v) is 13.7. The number of aryl methyl sites for hydroxylation is 1. The van der Waals surface area contributed by atoms with Gasteiger partial charge in [0.2, 0.25) is 5.52 Å². The van der Waals surface area contributed by atoms with Gasteiger partial charge in [-0.3, -0.25) is 0 Å². The van der Waals surface area contributed by atoms with Crippen LogP contribution in [0.5, 0.6) is 0 Å². The Morgan fingerprint density at radius 3 is 2.04 bits per heavy atom. The summed E-state index contributed by atoms with van der Waals surface area (Å²) in [5.74, 6) is 0. The van der Waals surface area contributed by atoms with Crippen LogP contribution in [0.3, 0.4) is 0 Å². The van der Waals surface area contributed by atoms with Gasteiger partial charge < -0.3 is 0 Å². The minimum atomic E-state index is -4.19. The molecular formula is C18H17ClNO4+. The molecule has 0 aliphatic carbocycles. The van der Waals surface area contributed by atoms with Gasteiger partial charge in [0.15, 0.2) is 12.4 Å². The molecule has 0 atom stereocenters. The van der Waals surface area contributed by atoms with Crippen molar-refractivity contribution in [3.63, 3.8) is 0 Å². The van der Waals surface area contributed by atoms with Gasteiger partial charge >= 0.3 is 28.9 Å². The first-order chi connectivity index (χ1) is 11.3. The van der Waals surface area contributed by atoms with Crippen molar-refractivity contribution in [2.24, 2.45) is 0 Å². The van der Waals surface area contributed by atoms with E-state index in [1.54, 1.807) is 0 Å².